The maximum absolute atomic E-state index is 12.3. The van der Waals surface area contributed by atoms with E-state index in [0.717, 1.165) is 6.42 Å². The predicted octanol–water partition coefficient (Wildman–Crippen LogP) is 0.543. The van der Waals surface area contributed by atoms with Crippen molar-refractivity contribution in [3.63, 3.8) is 0 Å². The maximum atomic E-state index is 12.3. The number of anilines is 1. The molecule has 0 aliphatic carbocycles. The van der Waals surface area contributed by atoms with Crippen LogP contribution >= 0.6 is 0 Å². The summed E-state index contributed by atoms with van der Waals surface area (Å²) < 4.78 is 27.1. The summed E-state index contributed by atoms with van der Waals surface area (Å²) in [4.78, 5) is 7.91. The third kappa shape index (κ3) is 4.23. The first-order valence-corrected chi connectivity index (χ1v) is 8.14. The lowest BCUT2D eigenvalue weighted by Gasteiger charge is -2.11. The van der Waals surface area contributed by atoms with Gasteiger partial charge >= 0.3 is 0 Å². The molecule has 0 amide bonds. The summed E-state index contributed by atoms with van der Waals surface area (Å²) in [5, 5.41) is 9.46. The van der Waals surface area contributed by atoms with Gasteiger partial charge in [0.05, 0.1) is 5.69 Å². The fraction of sp³-hybridized carbons (Fsp3) is 0.417. The number of aromatic amines is 1. The number of sulfonamides is 1. The number of aromatic nitrogens is 4. The predicted molar refractivity (Wildman–Crippen MR) is 78.3 cm³/mol. The Kier molecular flexibility index (Phi) is 5.23. The standard InChI is InChI=1S/C12H18N6O2S/c1-2-6-13-10-4-3-7-14-12(10)21(19,20)17-8-5-11-15-9-16-18-11/h3-4,7,9,13,17H,2,5-6,8H2,1H3,(H,15,16,18). The number of H-pyrrole nitrogens is 1. The molecule has 2 rings (SSSR count). The molecule has 0 saturated carbocycles. The average Bonchev–Trinajstić information content (AvgIpc) is 2.98. The molecular formula is C12H18N6O2S. The van der Waals surface area contributed by atoms with Crippen LogP contribution in [0.25, 0.3) is 0 Å². The Bertz CT molecular complexity index is 656. The molecule has 0 unspecified atom stereocenters. The largest absolute Gasteiger partial charge is 0.383 e. The van der Waals surface area contributed by atoms with Crippen LogP contribution in [0.3, 0.4) is 0 Å². The van der Waals surface area contributed by atoms with Gasteiger partial charge in [-0.25, -0.2) is 23.1 Å². The fourth-order valence-corrected chi connectivity index (χ4v) is 2.86. The highest BCUT2D eigenvalue weighted by Crippen LogP contribution is 2.17. The zero-order chi connectivity index (χ0) is 15.1. The number of rotatable bonds is 8. The SMILES string of the molecule is CCCNc1cccnc1S(=O)(=O)NCCc1ncn[nH]1. The number of hydrogen-bond donors (Lipinski definition) is 3. The number of hydrogen-bond acceptors (Lipinski definition) is 6. The van der Waals surface area contributed by atoms with Crippen molar-refractivity contribution < 1.29 is 8.42 Å². The van der Waals surface area contributed by atoms with Crippen molar-refractivity contribution in [2.75, 3.05) is 18.4 Å². The molecule has 21 heavy (non-hydrogen) atoms. The molecule has 2 aromatic heterocycles. The molecule has 0 spiro atoms. The quantitative estimate of drug-likeness (QED) is 0.656. The molecule has 0 saturated heterocycles. The van der Waals surface area contributed by atoms with Crippen molar-refractivity contribution in [2.24, 2.45) is 0 Å². The molecule has 0 fully saturated rings. The molecule has 0 aliphatic rings. The minimum absolute atomic E-state index is 0.0102. The topological polar surface area (TPSA) is 113 Å². The van der Waals surface area contributed by atoms with E-state index in [9.17, 15) is 8.42 Å². The minimum atomic E-state index is -3.66. The van der Waals surface area contributed by atoms with Crippen molar-refractivity contribution in [2.45, 2.75) is 24.8 Å². The van der Waals surface area contributed by atoms with Crippen molar-refractivity contribution in [3.8, 4) is 0 Å². The smallest absolute Gasteiger partial charge is 0.260 e. The van der Waals surface area contributed by atoms with Crippen molar-refractivity contribution in [1.29, 1.82) is 0 Å². The zero-order valence-electron chi connectivity index (χ0n) is 11.7. The van der Waals surface area contributed by atoms with Crippen molar-refractivity contribution in [1.82, 2.24) is 24.9 Å². The lowest BCUT2D eigenvalue weighted by Crippen LogP contribution is -2.28. The molecule has 3 N–H and O–H groups in total. The van der Waals surface area contributed by atoms with E-state index in [1.165, 1.54) is 12.5 Å². The van der Waals surface area contributed by atoms with Crippen LogP contribution in [0.4, 0.5) is 5.69 Å². The van der Waals surface area contributed by atoms with Gasteiger partial charge in [-0.05, 0) is 18.6 Å². The van der Waals surface area contributed by atoms with Crippen LogP contribution < -0.4 is 10.0 Å². The molecule has 114 valence electrons. The lowest BCUT2D eigenvalue weighted by atomic mass is 10.4. The first-order valence-electron chi connectivity index (χ1n) is 6.66. The van der Waals surface area contributed by atoms with Crippen LogP contribution in [0.1, 0.15) is 19.2 Å². The molecular weight excluding hydrogens is 292 g/mol. The Morgan fingerprint density at radius 3 is 2.86 bits per heavy atom. The van der Waals surface area contributed by atoms with Gasteiger partial charge in [-0.2, -0.15) is 5.10 Å². The first kappa shape index (κ1) is 15.4. The Morgan fingerprint density at radius 2 is 2.14 bits per heavy atom. The molecule has 0 aliphatic heterocycles. The lowest BCUT2D eigenvalue weighted by molar-refractivity contribution is 0.577. The molecule has 9 heteroatoms. The van der Waals surface area contributed by atoms with E-state index in [1.807, 2.05) is 6.92 Å². The van der Waals surface area contributed by atoms with Gasteiger partial charge in [0.2, 0.25) is 0 Å². The van der Waals surface area contributed by atoms with Crippen LogP contribution in [0.2, 0.25) is 0 Å². The fourth-order valence-electron chi connectivity index (χ4n) is 1.72. The van der Waals surface area contributed by atoms with Crippen LogP contribution in [0, 0.1) is 0 Å². The van der Waals surface area contributed by atoms with E-state index in [-0.39, 0.29) is 11.6 Å². The highest BCUT2D eigenvalue weighted by atomic mass is 32.2. The molecule has 0 aromatic carbocycles. The van der Waals surface area contributed by atoms with Gasteiger partial charge in [0.15, 0.2) is 5.03 Å². The highest BCUT2D eigenvalue weighted by molar-refractivity contribution is 7.89. The monoisotopic (exact) mass is 310 g/mol. The Hall–Kier alpha value is -2.00. The molecule has 2 heterocycles. The second kappa shape index (κ2) is 7.14. The van der Waals surface area contributed by atoms with Crippen molar-refractivity contribution >= 4 is 15.7 Å². The Labute approximate surface area is 123 Å². The third-order valence-electron chi connectivity index (χ3n) is 2.71. The first-order chi connectivity index (χ1) is 10.1. The van der Waals surface area contributed by atoms with Gasteiger partial charge in [-0.3, -0.25) is 5.10 Å². The number of pyridine rings is 1. The van der Waals surface area contributed by atoms with Crippen LogP contribution in [-0.4, -0.2) is 41.7 Å². The summed E-state index contributed by atoms with van der Waals surface area (Å²) in [5.74, 6) is 0.628. The van der Waals surface area contributed by atoms with Crippen LogP contribution in [0.5, 0.6) is 0 Å². The number of nitrogens with one attached hydrogen (secondary N) is 3. The van der Waals surface area contributed by atoms with E-state index < -0.39 is 10.0 Å². The van der Waals surface area contributed by atoms with Crippen molar-refractivity contribution in [3.05, 3.63) is 30.5 Å². The van der Waals surface area contributed by atoms with E-state index in [4.69, 9.17) is 0 Å². The van der Waals surface area contributed by atoms with Crippen LogP contribution in [0.15, 0.2) is 29.7 Å². The highest BCUT2D eigenvalue weighted by Gasteiger charge is 2.19. The van der Waals surface area contributed by atoms with Gasteiger partial charge in [-0.1, -0.05) is 6.92 Å². The van der Waals surface area contributed by atoms with Gasteiger partial charge in [-0.15, -0.1) is 0 Å². The summed E-state index contributed by atoms with van der Waals surface area (Å²) in [6, 6.07) is 3.40. The number of nitrogens with zero attached hydrogens (tertiary/aromatic N) is 3. The van der Waals surface area contributed by atoms with E-state index >= 15 is 0 Å². The summed E-state index contributed by atoms with van der Waals surface area (Å²) >= 11 is 0. The zero-order valence-corrected chi connectivity index (χ0v) is 12.5. The van der Waals surface area contributed by atoms with Crippen LogP contribution in [-0.2, 0) is 16.4 Å². The van der Waals surface area contributed by atoms with Gasteiger partial charge < -0.3 is 5.32 Å². The molecule has 0 atom stereocenters. The minimum Gasteiger partial charge on any atom is -0.383 e. The molecule has 0 radical (unpaired) electrons. The summed E-state index contributed by atoms with van der Waals surface area (Å²) in [7, 11) is -3.66. The molecule has 8 nitrogen and oxygen atoms in total. The second-order valence-electron chi connectivity index (χ2n) is 4.36. The summed E-state index contributed by atoms with van der Waals surface area (Å²) in [6.07, 6.45) is 4.18. The van der Waals surface area contributed by atoms with Gasteiger partial charge in [0, 0.05) is 25.7 Å². The Balaban J connectivity index is 2.04. The van der Waals surface area contributed by atoms with E-state index in [0.29, 0.717) is 24.5 Å². The average molecular weight is 310 g/mol. The van der Waals surface area contributed by atoms with Gasteiger partial charge in [0.1, 0.15) is 12.2 Å². The second-order valence-corrected chi connectivity index (χ2v) is 6.05. The van der Waals surface area contributed by atoms with Gasteiger partial charge in [0.25, 0.3) is 10.0 Å². The normalized spacial score (nSPS) is 11.5. The summed E-state index contributed by atoms with van der Waals surface area (Å²) in [5.41, 5.74) is 0.506. The Morgan fingerprint density at radius 1 is 1.29 bits per heavy atom. The van der Waals surface area contributed by atoms with E-state index in [1.54, 1.807) is 12.1 Å². The third-order valence-corrected chi connectivity index (χ3v) is 4.13. The maximum Gasteiger partial charge on any atom is 0.260 e. The van der Waals surface area contributed by atoms with E-state index in [2.05, 4.69) is 30.2 Å². The summed E-state index contributed by atoms with van der Waals surface area (Å²) in [6.45, 7) is 2.92. The molecule has 0 bridgehead atoms. The molecule has 2 aromatic rings.